The van der Waals surface area contributed by atoms with E-state index in [2.05, 4.69) is 53.0 Å². The third-order valence-electron chi connectivity index (χ3n) is 4.35. The zero-order chi connectivity index (χ0) is 20.9. The lowest BCUT2D eigenvalue weighted by molar-refractivity contribution is 0.0926. The first-order chi connectivity index (χ1) is 14.1. The number of aryl methyl sites for hydroxylation is 1. The van der Waals surface area contributed by atoms with Crippen LogP contribution in [0.2, 0.25) is 0 Å². The number of benzene rings is 1. The molecule has 8 heteroatoms. The Labute approximate surface area is 196 Å². The molecule has 166 valence electrons. The number of ether oxygens (including phenoxy) is 1. The van der Waals surface area contributed by atoms with Gasteiger partial charge in [0, 0.05) is 32.2 Å². The Kier molecular flexibility index (Phi) is 12.6. The van der Waals surface area contributed by atoms with Crippen LogP contribution in [-0.4, -0.2) is 38.6 Å². The van der Waals surface area contributed by atoms with Crippen LogP contribution in [-0.2, 0) is 6.54 Å². The second-order valence-electron chi connectivity index (χ2n) is 6.75. The van der Waals surface area contributed by atoms with E-state index in [-0.39, 0.29) is 29.9 Å². The largest absolute Gasteiger partial charge is 0.493 e. The quantitative estimate of drug-likeness (QED) is 0.179. The lowest BCUT2D eigenvalue weighted by atomic mass is 10.1. The molecule has 0 fully saturated rings. The molecule has 0 aliphatic carbocycles. The Balaban J connectivity index is 0.00000450. The Morgan fingerprint density at radius 3 is 2.63 bits per heavy atom. The molecule has 0 radical (unpaired) electrons. The first-order valence-electron chi connectivity index (χ1n) is 10.1. The number of nitrogens with zero attached hydrogens (tertiary/aromatic N) is 1. The number of guanidine groups is 1. The number of unbranched alkanes of at least 4 members (excludes halogenated alkanes) is 2. The molecule has 0 spiro atoms. The van der Waals surface area contributed by atoms with Crippen molar-refractivity contribution in [2.45, 2.75) is 39.7 Å². The zero-order valence-corrected chi connectivity index (χ0v) is 20.3. The molecular formula is C22H33IN4O3. The van der Waals surface area contributed by atoms with E-state index in [0.717, 1.165) is 24.3 Å². The molecule has 7 nitrogen and oxygen atoms in total. The van der Waals surface area contributed by atoms with Crippen molar-refractivity contribution < 1.29 is 13.9 Å². The van der Waals surface area contributed by atoms with Gasteiger partial charge in [-0.1, -0.05) is 31.9 Å². The van der Waals surface area contributed by atoms with Gasteiger partial charge in [-0.3, -0.25) is 9.79 Å². The van der Waals surface area contributed by atoms with Crippen molar-refractivity contribution in [3.05, 3.63) is 53.5 Å². The molecular weight excluding hydrogens is 495 g/mol. The minimum absolute atomic E-state index is 0. The molecule has 0 bridgehead atoms. The molecule has 1 aromatic carbocycles. The van der Waals surface area contributed by atoms with E-state index in [1.54, 1.807) is 19.2 Å². The Morgan fingerprint density at radius 1 is 1.13 bits per heavy atom. The summed E-state index contributed by atoms with van der Waals surface area (Å²) < 4.78 is 11.1. The molecule has 2 rings (SSSR count). The lowest BCUT2D eigenvalue weighted by Crippen LogP contribution is -2.41. The van der Waals surface area contributed by atoms with Crippen molar-refractivity contribution in [2.24, 2.45) is 4.99 Å². The number of hydrogen-bond donors (Lipinski definition) is 3. The van der Waals surface area contributed by atoms with Crippen molar-refractivity contribution in [3.63, 3.8) is 0 Å². The third kappa shape index (κ3) is 9.06. The van der Waals surface area contributed by atoms with Gasteiger partial charge in [0.15, 0.2) is 11.7 Å². The molecule has 0 atom stereocenters. The molecule has 3 N–H and O–H groups in total. The molecule has 0 unspecified atom stereocenters. The van der Waals surface area contributed by atoms with E-state index in [9.17, 15) is 4.79 Å². The topological polar surface area (TPSA) is 87.9 Å². The van der Waals surface area contributed by atoms with Crippen molar-refractivity contribution >= 4 is 35.8 Å². The third-order valence-corrected chi connectivity index (χ3v) is 4.35. The number of halogens is 1. The van der Waals surface area contributed by atoms with Crippen LogP contribution in [0.3, 0.4) is 0 Å². The van der Waals surface area contributed by atoms with Crippen molar-refractivity contribution in [1.29, 1.82) is 0 Å². The van der Waals surface area contributed by atoms with Gasteiger partial charge >= 0.3 is 0 Å². The minimum Gasteiger partial charge on any atom is -0.493 e. The predicted octanol–water partition coefficient (Wildman–Crippen LogP) is 3.87. The summed E-state index contributed by atoms with van der Waals surface area (Å²) in [6, 6.07) is 9.55. The highest BCUT2D eigenvalue weighted by Gasteiger charge is 2.08. The Morgan fingerprint density at radius 2 is 1.93 bits per heavy atom. The summed E-state index contributed by atoms with van der Waals surface area (Å²) in [4.78, 5) is 16.1. The molecule has 0 saturated heterocycles. The van der Waals surface area contributed by atoms with Gasteiger partial charge in [0.1, 0.15) is 5.75 Å². The van der Waals surface area contributed by atoms with Crippen molar-refractivity contribution in [1.82, 2.24) is 16.0 Å². The summed E-state index contributed by atoms with van der Waals surface area (Å²) in [6.07, 6.45) is 4.89. The van der Waals surface area contributed by atoms with Crippen LogP contribution in [0.4, 0.5) is 0 Å². The van der Waals surface area contributed by atoms with Gasteiger partial charge < -0.3 is 25.1 Å². The normalized spacial score (nSPS) is 10.8. The van der Waals surface area contributed by atoms with E-state index in [4.69, 9.17) is 9.15 Å². The van der Waals surface area contributed by atoms with Crippen LogP contribution < -0.4 is 20.7 Å². The summed E-state index contributed by atoms with van der Waals surface area (Å²) in [7, 11) is 1.72. The zero-order valence-electron chi connectivity index (χ0n) is 18.0. The number of furan rings is 1. The van der Waals surface area contributed by atoms with Gasteiger partial charge in [-0.05, 0) is 37.1 Å². The fourth-order valence-corrected chi connectivity index (χ4v) is 2.73. The highest BCUT2D eigenvalue weighted by atomic mass is 127. The molecule has 1 heterocycles. The fourth-order valence-electron chi connectivity index (χ4n) is 2.73. The SMILES string of the molecule is CCCCCOc1cc(C)ccc1CNC(=NC)NCCNC(=O)c1ccco1.I. The monoisotopic (exact) mass is 528 g/mol. The number of hydrogen-bond acceptors (Lipinski definition) is 4. The number of rotatable bonds is 11. The lowest BCUT2D eigenvalue weighted by Gasteiger charge is -2.15. The van der Waals surface area contributed by atoms with Crippen LogP contribution in [0.1, 0.15) is 47.9 Å². The standard InChI is InChI=1S/C22H32N4O3.HI/c1-4-5-6-13-29-20-15-17(2)9-10-18(20)16-26-22(23-3)25-12-11-24-21(27)19-8-7-14-28-19;/h7-10,14-15H,4-6,11-13,16H2,1-3H3,(H,24,27)(H2,23,25,26);1H. The molecule has 1 aromatic heterocycles. The van der Waals surface area contributed by atoms with E-state index >= 15 is 0 Å². The molecule has 0 aliphatic rings. The predicted molar refractivity (Wildman–Crippen MR) is 131 cm³/mol. The number of amides is 1. The molecule has 30 heavy (non-hydrogen) atoms. The van der Waals surface area contributed by atoms with Gasteiger partial charge in [-0.15, -0.1) is 24.0 Å². The van der Waals surface area contributed by atoms with Gasteiger partial charge in [-0.2, -0.15) is 0 Å². The van der Waals surface area contributed by atoms with Crippen LogP contribution in [0, 0.1) is 6.92 Å². The highest BCUT2D eigenvalue weighted by molar-refractivity contribution is 14.0. The summed E-state index contributed by atoms with van der Waals surface area (Å²) in [6.45, 7) is 6.57. The highest BCUT2D eigenvalue weighted by Crippen LogP contribution is 2.20. The number of carbonyl (C=O) groups excluding carboxylic acids is 1. The maximum atomic E-state index is 11.8. The summed E-state index contributed by atoms with van der Waals surface area (Å²) in [5.41, 5.74) is 2.26. The van der Waals surface area contributed by atoms with E-state index in [0.29, 0.717) is 31.4 Å². The average Bonchev–Trinajstić information content (AvgIpc) is 3.26. The van der Waals surface area contributed by atoms with Crippen LogP contribution in [0.5, 0.6) is 5.75 Å². The van der Waals surface area contributed by atoms with E-state index < -0.39 is 0 Å². The van der Waals surface area contributed by atoms with Gasteiger partial charge in [0.05, 0.1) is 12.9 Å². The number of aliphatic imine (C=N–C) groups is 1. The molecule has 0 aliphatic heterocycles. The van der Waals surface area contributed by atoms with Crippen LogP contribution in [0.25, 0.3) is 0 Å². The second-order valence-corrected chi connectivity index (χ2v) is 6.75. The molecule has 0 saturated carbocycles. The van der Waals surface area contributed by atoms with E-state index in [1.165, 1.54) is 24.7 Å². The maximum absolute atomic E-state index is 11.8. The van der Waals surface area contributed by atoms with Crippen LogP contribution >= 0.6 is 24.0 Å². The number of nitrogens with one attached hydrogen (secondary N) is 3. The molecule has 2 aromatic rings. The van der Waals surface area contributed by atoms with Crippen molar-refractivity contribution in [3.8, 4) is 5.75 Å². The Hall–Kier alpha value is -2.23. The average molecular weight is 528 g/mol. The fraction of sp³-hybridized carbons (Fsp3) is 0.455. The summed E-state index contributed by atoms with van der Waals surface area (Å²) >= 11 is 0. The maximum Gasteiger partial charge on any atom is 0.287 e. The first kappa shape index (κ1) is 25.8. The van der Waals surface area contributed by atoms with E-state index in [1.807, 2.05) is 0 Å². The summed E-state index contributed by atoms with van der Waals surface area (Å²) in [5.74, 6) is 1.65. The Bertz CT molecular complexity index is 779. The van der Waals surface area contributed by atoms with Crippen LogP contribution in [0.15, 0.2) is 46.0 Å². The minimum atomic E-state index is -0.232. The van der Waals surface area contributed by atoms with Crippen molar-refractivity contribution in [2.75, 3.05) is 26.7 Å². The first-order valence-corrected chi connectivity index (χ1v) is 10.1. The van der Waals surface area contributed by atoms with Gasteiger partial charge in [-0.25, -0.2) is 0 Å². The van der Waals surface area contributed by atoms with Gasteiger partial charge in [0.25, 0.3) is 5.91 Å². The second kappa shape index (κ2) is 14.7. The number of carbonyl (C=O) groups is 1. The van der Waals surface area contributed by atoms with Gasteiger partial charge in [0.2, 0.25) is 0 Å². The summed E-state index contributed by atoms with van der Waals surface area (Å²) in [5, 5.41) is 9.26. The smallest absolute Gasteiger partial charge is 0.287 e. The molecule has 1 amide bonds.